The summed E-state index contributed by atoms with van der Waals surface area (Å²) in [6.07, 6.45) is 4.18. The van der Waals surface area contributed by atoms with Crippen molar-refractivity contribution in [1.82, 2.24) is 10.2 Å². The fourth-order valence-corrected chi connectivity index (χ4v) is 2.11. The molecule has 0 spiro atoms. The molecule has 0 aromatic heterocycles. The summed E-state index contributed by atoms with van der Waals surface area (Å²) in [4.78, 5) is 14.1. The summed E-state index contributed by atoms with van der Waals surface area (Å²) in [5, 5.41) is 3.07. The maximum Gasteiger partial charge on any atom is 0.325 e. The second-order valence-corrected chi connectivity index (χ2v) is 4.97. The number of hydrogen-bond donors (Lipinski definition) is 1. The maximum atomic E-state index is 11.7. The molecule has 108 valence electrons. The average Bonchev–Trinajstić information content (AvgIpc) is 2.40. The molecule has 1 atom stereocenters. The zero-order chi connectivity index (χ0) is 14.0. The molecule has 0 saturated heterocycles. The molecule has 1 unspecified atom stereocenters. The van der Waals surface area contributed by atoms with Gasteiger partial charge in [0.1, 0.15) is 5.54 Å². The van der Waals surface area contributed by atoms with E-state index in [4.69, 9.17) is 4.74 Å². The number of methoxy groups -OCH3 is 1. The number of unbranched alkanes of at least 4 members (excludes halogenated alkanes) is 1. The zero-order valence-corrected chi connectivity index (χ0v) is 12.7. The third kappa shape index (κ3) is 5.83. The first-order valence-corrected chi connectivity index (χ1v) is 7.03. The number of nitrogens with one attached hydrogen (secondary N) is 1. The first-order chi connectivity index (χ1) is 8.53. The first kappa shape index (κ1) is 17.4. The van der Waals surface area contributed by atoms with E-state index >= 15 is 0 Å². The Morgan fingerprint density at radius 3 is 2.39 bits per heavy atom. The molecule has 4 nitrogen and oxygen atoms in total. The van der Waals surface area contributed by atoms with Crippen LogP contribution >= 0.6 is 0 Å². The second kappa shape index (κ2) is 9.34. The molecule has 0 heterocycles. The lowest BCUT2D eigenvalue weighted by Crippen LogP contribution is -2.48. The van der Waals surface area contributed by atoms with Crippen LogP contribution in [0.25, 0.3) is 0 Å². The van der Waals surface area contributed by atoms with Gasteiger partial charge >= 0.3 is 5.97 Å². The van der Waals surface area contributed by atoms with Crippen molar-refractivity contribution in [2.24, 2.45) is 0 Å². The predicted molar refractivity (Wildman–Crippen MR) is 75.7 cm³/mol. The summed E-state index contributed by atoms with van der Waals surface area (Å²) >= 11 is 0. The van der Waals surface area contributed by atoms with Gasteiger partial charge < -0.3 is 15.0 Å². The van der Waals surface area contributed by atoms with Crippen molar-refractivity contribution in [3.8, 4) is 0 Å². The molecule has 0 aliphatic carbocycles. The van der Waals surface area contributed by atoms with E-state index in [9.17, 15) is 4.79 Å². The third-order valence-electron chi connectivity index (χ3n) is 3.58. The molecular weight excluding hydrogens is 228 g/mol. The highest BCUT2D eigenvalue weighted by Gasteiger charge is 2.31. The molecule has 0 fully saturated rings. The topological polar surface area (TPSA) is 41.6 Å². The molecule has 0 aromatic rings. The van der Waals surface area contributed by atoms with E-state index in [0.29, 0.717) is 0 Å². The molecule has 18 heavy (non-hydrogen) atoms. The number of rotatable bonds is 10. The van der Waals surface area contributed by atoms with Crippen LogP contribution in [0.15, 0.2) is 0 Å². The number of carbonyl (C=O) groups is 1. The van der Waals surface area contributed by atoms with Gasteiger partial charge in [-0.3, -0.25) is 4.79 Å². The lowest BCUT2D eigenvalue weighted by molar-refractivity contribution is -0.148. The number of likely N-dealkylation sites (N-methyl/N-ethyl adjacent to an activating group) is 1. The zero-order valence-electron chi connectivity index (χ0n) is 12.7. The molecular formula is C14H30N2O2. The van der Waals surface area contributed by atoms with Crippen LogP contribution in [-0.4, -0.2) is 50.2 Å². The van der Waals surface area contributed by atoms with Gasteiger partial charge in [-0.05, 0) is 59.3 Å². The number of ether oxygens (including phenoxy) is 1. The Labute approximate surface area is 112 Å². The van der Waals surface area contributed by atoms with Gasteiger partial charge in [-0.25, -0.2) is 0 Å². The monoisotopic (exact) mass is 258 g/mol. The molecule has 0 aliphatic rings. The van der Waals surface area contributed by atoms with Gasteiger partial charge in [-0.1, -0.05) is 13.8 Å². The average molecular weight is 258 g/mol. The Balaban J connectivity index is 3.97. The Morgan fingerprint density at radius 1 is 1.28 bits per heavy atom. The van der Waals surface area contributed by atoms with Crippen molar-refractivity contribution >= 4 is 5.97 Å². The number of nitrogens with zero attached hydrogens (tertiary/aromatic N) is 1. The highest BCUT2D eigenvalue weighted by atomic mass is 16.5. The standard InChI is InChI=1S/C14H30N2O2/c1-6-11-16(7-2)12-9-8-10-14(3,15-4)13(17)18-5/h15H,6-12H2,1-5H3. The van der Waals surface area contributed by atoms with Gasteiger partial charge in [0.2, 0.25) is 0 Å². The van der Waals surface area contributed by atoms with E-state index in [2.05, 4.69) is 24.1 Å². The highest BCUT2D eigenvalue weighted by molar-refractivity contribution is 5.80. The van der Waals surface area contributed by atoms with Crippen molar-refractivity contribution in [1.29, 1.82) is 0 Å². The smallest absolute Gasteiger partial charge is 0.325 e. The third-order valence-corrected chi connectivity index (χ3v) is 3.58. The molecule has 4 heteroatoms. The van der Waals surface area contributed by atoms with Crippen LogP contribution in [0.5, 0.6) is 0 Å². The van der Waals surface area contributed by atoms with E-state index < -0.39 is 5.54 Å². The van der Waals surface area contributed by atoms with Gasteiger partial charge in [0.25, 0.3) is 0 Å². The van der Waals surface area contributed by atoms with E-state index in [-0.39, 0.29) is 5.97 Å². The number of hydrogen-bond acceptors (Lipinski definition) is 4. The van der Waals surface area contributed by atoms with E-state index in [0.717, 1.165) is 38.9 Å². The normalized spacial score (nSPS) is 14.6. The SMILES string of the molecule is CCCN(CC)CCCCC(C)(NC)C(=O)OC. The second-order valence-electron chi connectivity index (χ2n) is 4.97. The minimum absolute atomic E-state index is 0.175. The van der Waals surface area contributed by atoms with Crippen molar-refractivity contribution < 1.29 is 9.53 Å². The summed E-state index contributed by atoms with van der Waals surface area (Å²) in [7, 11) is 3.25. The molecule has 1 N–H and O–H groups in total. The molecule has 0 aliphatic heterocycles. The fourth-order valence-electron chi connectivity index (χ4n) is 2.11. The molecule has 0 bridgehead atoms. The van der Waals surface area contributed by atoms with Gasteiger partial charge in [-0.15, -0.1) is 0 Å². The quantitative estimate of drug-likeness (QED) is 0.481. The van der Waals surface area contributed by atoms with Crippen LogP contribution < -0.4 is 5.32 Å². The fraction of sp³-hybridized carbons (Fsp3) is 0.929. The highest BCUT2D eigenvalue weighted by Crippen LogP contribution is 2.15. The lowest BCUT2D eigenvalue weighted by Gasteiger charge is -2.26. The van der Waals surface area contributed by atoms with E-state index in [1.807, 2.05) is 14.0 Å². The van der Waals surface area contributed by atoms with Crippen LogP contribution in [0.4, 0.5) is 0 Å². The summed E-state index contributed by atoms with van der Waals surface area (Å²) in [6.45, 7) is 9.69. The van der Waals surface area contributed by atoms with Crippen LogP contribution in [0.1, 0.15) is 46.5 Å². The molecule has 0 radical (unpaired) electrons. The Kier molecular flexibility index (Phi) is 9.02. The summed E-state index contributed by atoms with van der Waals surface area (Å²) in [5.41, 5.74) is -0.545. The van der Waals surface area contributed by atoms with E-state index in [1.165, 1.54) is 13.5 Å². The molecule has 0 rings (SSSR count). The Morgan fingerprint density at radius 2 is 1.94 bits per heavy atom. The van der Waals surface area contributed by atoms with Gasteiger partial charge in [0.15, 0.2) is 0 Å². The minimum Gasteiger partial charge on any atom is -0.468 e. The lowest BCUT2D eigenvalue weighted by atomic mass is 9.95. The Bertz CT molecular complexity index is 234. The van der Waals surface area contributed by atoms with Crippen molar-refractivity contribution in [3.63, 3.8) is 0 Å². The summed E-state index contributed by atoms with van der Waals surface area (Å²) < 4.78 is 4.83. The Hall–Kier alpha value is -0.610. The number of carbonyl (C=O) groups excluding carboxylic acids is 1. The number of esters is 1. The van der Waals surface area contributed by atoms with Crippen LogP contribution in [0.3, 0.4) is 0 Å². The van der Waals surface area contributed by atoms with Gasteiger partial charge in [0.05, 0.1) is 7.11 Å². The van der Waals surface area contributed by atoms with Crippen molar-refractivity contribution in [3.05, 3.63) is 0 Å². The summed E-state index contributed by atoms with van der Waals surface area (Å²) in [6, 6.07) is 0. The molecule has 0 amide bonds. The van der Waals surface area contributed by atoms with Gasteiger partial charge in [-0.2, -0.15) is 0 Å². The van der Waals surface area contributed by atoms with Crippen molar-refractivity contribution in [2.45, 2.75) is 52.0 Å². The minimum atomic E-state index is -0.545. The van der Waals surface area contributed by atoms with Gasteiger partial charge in [0, 0.05) is 0 Å². The van der Waals surface area contributed by atoms with E-state index in [1.54, 1.807) is 0 Å². The predicted octanol–water partition coefficient (Wildman–Crippen LogP) is 2.04. The van der Waals surface area contributed by atoms with Crippen molar-refractivity contribution in [2.75, 3.05) is 33.8 Å². The molecule has 0 saturated carbocycles. The first-order valence-electron chi connectivity index (χ1n) is 7.03. The van der Waals surface area contributed by atoms with Crippen LogP contribution in [0, 0.1) is 0 Å². The molecule has 0 aromatic carbocycles. The maximum absolute atomic E-state index is 11.7. The summed E-state index contributed by atoms with van der Waals surface area (Å²) in [5.74, 6) is -0.175. The van der Waals surface area contributed by atoms with Crippen LogP contribution in [-0.2, 0) is 9.53 Å². The van der Waals surface area contributed by atoms with Crippen LogP contribution in [0.2, 0.25) is 0 Å². The largest absolute Gasteiger partial charge is 0.468 e.